The summed E-state index contributed by atoms with van der Waals surface area (Å²) in [7, 11) is 0. The highest BCUT2D eigenvalue weighted by Gasteiger charge is 2.13. The van der Waals surface area contributed by atoms with Crippen molar-refractivity contribution in [3.8, 4) is 0 Å². The maximum Gasteiger partial charge on any atom is 0.270 e. The summed E-state index contributed by atoms with van der Waals surface area (Å²) < 4.78 is 1.36. The number of carbonyl (C=O) groups is 1. The summed E-state index contributed by atoms with van der Waals surface area (Å²) in [6.07, 6.45) is 5.31. The van der Waals surface area contributed by atoms with E-state index in [0.717, 1.165) is 16.5 Å². The Morgan fingerprint density at radius 2 is 1.92 bits per heavy atom. The van der Waals surface area contributed by atoms with Gasteiger partial charge in [0.15, 0.2) is 0 Å². The molecule has 6 heteroatoms. The number of hydrogen-bond donors (Lipinski definition) is 1. The van der Waals surface area contributed by atoms with Crippen molar-refractivity contribution in [2.45, 2.75) is 6.42 Å². The van der Waals surface area contributed by atoms with Gasteiger partial charge in [0.05, 0.1) is 5.52 Å². The molecule has 6 nitrogen and oxygen atoms in total. The predicted octanol–water partition coefficient (Wildman–Crippen LogP) is 2.22. The molecule has 0 atom stereocenters. The molecule has 128 valence electrons. The molecular weight excluding hydrogens is 328 g/mol. The van der Waals surface area contributed by atoms with E-state index in [1.54, 1.807) is 30.6 Å². The second-order valence-corrected chi connectivity index (χ2v) is 5.90. The van der Waals surface area contributed by atoms with Crippen molar-refractivity contribution in [1.29, 1.82) is 0 Å². The standard InChI is InChI=1S/C20H16N4O2/c25-19(16-13-23-17-8-1-2-12-24(17)20(16)26)22-11-9-15-6-3-5-14-7-4-10-21-18(14)15/h1-8,10,12-13H,9,11H2,(H,22,25). The first-order valence-corrected chi connectivity index (χ1v) is 8.31. The van der Waals surface area contributed by atoms with Crippen LogP contribution >= 0.6 is 0 Å². The van der Waals surface area contributed by atoms with Crippen LogP contribution in [0.4, 0.5) is 0 Å². The monoisotopic (exact) mass is 344 g/mol. The number of fused-ring (bicyclic) bond motifs is 2. The molecule has 1 amide bonds. The van der Waals surface area contributed by atoms with Crippen LogP contribution in [0, 0.1) is 0 Å². The Bertz CT molecular complexity index is 1160. The van der Waals surface area contributed by atoms with Gasteiger partial charge >= 0.3 is 0 Å². The molecule has 4 aromatic rings. The van der Waals surface area contributed by atoms with Crippen LogP contribution in [0.15, 0.2) is 71.9 Å². The fourth-order valence-electron chi connectivity index (χ4n) is 2.96. The lowest BCUT2D eigenvalue weighted by atomic mass is 10.1. The lowest BCUT2D eigenvalue weighted by Crippen LogP contribution is -2.32. The van der Waals surface area contributed by atoms with Gasteiger partial charge in [0.2, 0.25) is 0 Å². The van der Waals surface area contributed by atoms with Gasteiger partial charge < -0.3 is 5.32 Å². The van der Waals surface area contributed by atoms with E-state index in [0.29, 0.717) is 18.6 Å². The van der Waals surface area contributed by atoms with Gasteiger partial charge in [-0.3, -0.25) is 19.0 Å². The van der Waals surface area contributed by atoms with Gasteiger partial charge in [-0.05, 0) is 30.2 Å². The lowest BCUT2D eigenvalue weighted by molar-refractivity contribution is 0.0952. The van der Waals surface area contributed by atoms with Crippen LogP contribution in [-0.2, 0) is 6.42 Å². The molecule has 0 unspecified atom stereocenters. The zero-order valence-corrected chi connectivity index (χ0v) is 13.9. The minimum Gasteiger partial charge on any atom is -0.351 e. The van der Waals surface area contributed by atoms with Crippen molar-refractivity contribution in [2.24, 2.45) is 0 Å². The number of amides is 1. The topological polar surface area (TPSA) is 76.4 Å². The van der Waals surface area contributed by atoms with Crippen LogP contribution in [0.3, 0.4) is 0 Å². The van der Waals surface area contributed by atoms with Crippen LogP contribution in [0.2, 0.25) is 0 Å². The van der Waals surface area contributed by atoms with Crippen molar-refractivity contribution in [1.82, 2.24) is 19.7 Å². The van der Waals surface area contributed by atoms with E-state index in [1.165, 1.54) is 10.6 Å². The molecule has 3 heterocycles. The van der Waals surface area contributed by atoms with Crippen molar-refractivity contribution in [3.05, 3.63) is 88.6 Å². The van der Waals surface area contributed by atoms with E-state index in [1.807, 2.05) is 30.3 Å². The first kappa shape index (κ1) is 16.0. The summed E-state index contributed by atoms with van der Waals surface area (Å²) in [5.41, 5.74) is 2.15. The zero-order valence-electron chi connectivity index (χ0n) is 13.9. The zero-order chi connectivity index (χ0) is 17.9. The third kappa shape index (κ3) is 2.93. The van der Waals surface area contributed by atoms with Gasteiger partial charge in [-0.1, -0.05) is 30.3 Å². The van der Waals surface area contributed by atoms with E-state index >= 15 is 0 Å². The SMILES string of the molecule is O=C(NCCc1cccc2cccnc12)c1cnc2ccccn2c1=O. The first-order chi connectivity index (χ1) is 12.7. The molecule has 4 rings (SSSR count). The van der Waals surface area contributed by atoms with Crippen LogP contribution < -0.4 is 10.9 Å². The summed E-state index contributed by atoms with van der Waals surface area (Å²) in [5.74, 6) is -0.422. The molecule has 0 aliphatic rings. The van der Waals surface area contributed by atoms with Gasteiger partial charge in [0, 0.05) is 30.5 Å². The van der Waals surface area contributed by atoms with Gasteiger partial charge in [0.1, 0.15) is 11.2 Å². The molecule has 0 saturated carbocycles. The Balaban J connectivity index is 1.51. The van der Waals surface area contributed by atoms with Gasteiger partial charge in [-0.15, -0.1) is 0 Å². The van der Waals surface area contributed by atoms with Crippen LogP contribution in [0.5, 0.6) is 0 Å². The Morgan fingerprint density at radius 1 is 1.04 bits per heavy atom. The van der Waals surface area contributed by atoms with E-state index in [9.17, 15) is 9.59 Å². The molecule has 0 fully saturated rings. The van der Waals surface area contributed by atoms with Crippen LogP contribution in [-0.4, -0.2) is 26.8 Å². The summed E-state index contributed by atoms with van der Waals surface area (Å²) in [6, 6.07) is 15.1. The number of nitrogens with zero attached hydrogens (tertiary/aromatic N) is 3. The van der Waals surface area contributed by atoms with Crippen molar-refractivity contribution < 1.29 is 4.79 Å². The number of pyridine rings is 2. The molecule has 3 aromatic heterocycles. The number of aromatic nitrogens is 3. The molecule has 0 aliphatic carbocycles. The van der Waals surface area contributed by atoms with E-state index < -0.39 is 5.91 Å². The molecular formula is C20H16N4O2. The molecule has 0 saturated heterocycles. The summed E-state index contributed by atoms with van der Waals surface area (Å²) in [5, 5.41) is 3.86. The number of nitrogens with one attached hydrogen (secondary N) is 1. The third-order valence-electron chi connectivity index (χ3n) is 4.25. The maximum atomic E-state index is 12.4. The first-order valence-electron chi connectivity index (χ1n) is 8.31. The average molecular weight is 344 g/mol. The normalized spacial score (nSPS) is 10.9. The number of para-hydroxylation sites is 1. The van der Waals surface area contributed by atoms with Crippen molar-refractivity contribution >= 4 is 22.5 Å². The number of carbonyl (C=O) groups excluding carboxylic acids is 1. The minimum absolute atomic E-state index is 0.0322. The highest BCUT2D eigenvalue weighted by molar-refractivity contribution is 5.93. The lowest BCUT2D eigenvalue weighted by Gasteiger charge is -2.08. The quantitative estimate of drug-likeness (QED) is 0.616. The second kappa shape index (κ2) is 6.76. The third-order valence-corrected chi connectivity index (χ3v) is 4.25. The van der Waals surface area contributed by atoms with E-state index in [2.05, 4.69) is 15.3 Å². The minimum atomic E-state index is -0.422. The van der Waals surface area contributed by atoms with Gasteiger partial charge in [0.25, 0.3) is 11.5 Å². The Morgan fingerprint density at radius 3 is 2.85 bits per heavy atom. The number of hydrogen-bond acceptors (Lipinski definition) is 4. The van der Waals surface area contributed by atoms with E-state index in [-0.39, 0.29) is 11.1 Å². The molecule has 1 aromatic carbocycles. The highest BCUT2D eigenvalue weighted by atomic mass is 16.2. The second-order valence-electron chi connectivity index (χ2n) is 5.90. The molecule has 0 bridgehead atoms. The van der Waals surface area contributed by atoms with Crippen molar-refractivity contribution in [3.63, 3.8) is 0 Å². The fourth-order valence-corrected chi connectivity index (χ4v) is 2.96. The van der Waals surface area contributed by atoms with E-state index in [4.69, 9.17) is 0 Å². The summed E-state index contributed by atoms with van der Waals surface area (Å²) in [6.45, 7) is 0.408. The molecule has 1 N–H and O–H groups in total. The Hall–Kier alpha value is -3.54. The Kier molecular flexibility index (Phi) is 4.15. The molecule has 0 spiro atoms. The maximum absolute atomic E-state index is 12.4. The van der Waals surface area contributed by atoms with Gasteiger partial charge in [-0.25, -0.2) is 4.98 Å². The summed E-state index contributed by atoms with van der Waals surface area (Å²) in [4.78, 5) is 33.4. The number of benzene rings is 1. The average Bonchev–Trinajstić information content (AvgIpc) is 2.68. The summed E-state index contributed by atoms with van der Waals surface area (Å²) >= 11 is 0. The number of rotatable bonds is 4. The predicted molar refractivity (Wildman–Crippen MR) is 99.2 cm³/mol. The highest BCUT2D eigenvalue weighted by Crippen LogP contribution is 2.16. The largest absolute Gasteiger partial charge is 0.351 e. The Labute approximate surface area is 149 Å². The molecule has 0 aliphatic heterocycles. The van der Waals surface area contributed by atoms with Crippen molar-refractivity contribution in [2.75, 3.05) is 6.54 Å². The van der Waals surface area contributed by atoms with Crippen LogP contribution in [0.1, 0.15) is 15.9 Å². The van der Waals surface area contributed by atoms with Crippen LogP contribution in [0.25, 0.3) is 16.6 Å². The smallest absolute Gasteiger partial charge is 0.270 e. The molecule has 0 radical (unpaired) electrons. The fraction of sp³-hybridized carbons (Fsp3) is 0.100. The molecule has 26 heavy (non-hydrogen) atoms. The van der Waals surface area contributed by atoms with Gasteiger partial charge in [-0.2, -0.15) is 0 Å².